The van der Waals surface area contributed by atoms with E-state index in [1.807, 2.05) is 6.07 Å². The van der Waals surface area contributed by atoms with Gasteiger partial charge >= 0.3 is 0 Å². The summed E-state index contributed by atoms with van der Waals surface area (Å²) in [5.74, 6) is 0.898. The molecule has 0 aliphatic carbocycles. The smallest absolute Gasteiger partial charge is 0.119 e. The molecular weight excluding hydrogens is 226 g/mol. The van der Waals surface area contributed by atoms with Crippen LogP contribution in [0.3, 0.4) is 0 Å². The molecule has 3 heteroatoms. The molecule has 0 amide bonds. The van der Waals surface area contributed by atoms with E-state index in [0.29, 0.717) is 6.04 Å². The van der Waals surface area contributed by atoms with Crippen LogP contribution in [0.2, 0.25) is 0 Å². The van der Waals surface area contributed by atoms with Gasteiger partial charge in [-0.1, -0.05) is 18.2 Å². The van der Waals surface area contributed by atoms with Gasteiger partial charge < -0.3 is 14.8 Å². The van der Waals surface area contributed by atoms with Crippen LogP contribution < -0.4 is 10.1 Å². The lowest BCUT2D eigenvalue weighted by Crippen LogP contribution is -2.34. The molecule has 1 N–H and O–H groups in total. The first-order valence-corrected chi connectivity index (χ1v) is 6.25. The number of hydrogen-bond donors (Lipinski definition) is 1. The van der Waals surface area contributed by atoms with Gasteiger partial charge in [-0.2, -0.15) is 0 Å². The van der Waals surface area contributed by atoms with Gasteiger partial charge in [-0.05, 0) is 34.5 Å². The Hall–Kier alpha value is -1.58. The highest BCUT2D eigenvalue weighted by Crippen LogP contribution is 2.25. The van der Waals surface area contributed by atoms with Crippen LogP contribution in [0.25, 0.3) is 10.8 Å². The van der Waals surface area contributed by atoms with Crippen molar-refractivity contribution in [3.8, 4) is 5.75 Å². The highest BCUT2D eigenvalue weighted by Gasteiger charge is 2.15. The Bertz CT molecular complexity index is 547. The van der Waals surface area contributed by atoms with Gasteiger partial charge in [0.05, 0.1) is 26.4 Å². The standard InChI is InChI=1S/C15H17NO2/c1-17-14-5-4-11-8-13(3-2-12(11)9-14)15-10-18-7-6-16-15/h2-5,8-9,15-16H,6-7,10H2,1H3/t15-/m1/s1. The number of fused-ring (bicyclic) bond motifs is 1. The number of ether oxygens (including phenoxy) is 2. The summed E-state index contributed by atoms with van der Waals surface area (Å²) in [6, 6.07) is 13.0. The molecule has 18 heavy (non-hydrogen) atoms. The minimum atomic E-state index is 0.310. The number of benzene rings is 2. The Morgan fingerprint density at radius 3 is 2.78 bits per heavy atom. The maximum Gasteiger partial charge on any atom is 0.119 e. The molecule has 2 aromatic rings. The summed E-state index contributed by atoms with van der Waals surface area (Å²) in [6.07, 6.45) is 0. The van der Waals surface area contributed by atoms with Crippen LogP contribution in [0.4, 0.5) is 0 Å². The van der Waals surface area contributed by atoms with Crippen molar-refractivity contribution in [3.63, 3.8) is 0 Å². The normalized spacial score (nSPS) is 19.9. The number of hydrogen-bond acceptors (Lipinski definition) is 3. The first kappa shape index (κ1) is 11.5. The van der Waals surface area contributed by atoms with Crippen molar-refractivity contribution in [1.82, 2.24) is 5.32 Å². The molecular formula is C15H17NO2. The van der Waals surface area contributed by atoms with E-state index < -0.39 is 0 Å². The van der Waals surface area contributed by atoms with Crippen molar-refractivity contribution < 1.29 is 9.47 Å². The number of morpholine rings is 1. The zero-order valence-corrected chi connectivity index (χ0v) is 10.5. The molecule has 0 spiro atoms. The van der Waals surface area contributed by atoms with Crippen LogP contribution >= 0.6 is 0 Å². The molecule has 3 rings (SSSR count). The van der Waals surface area contributed by atoms with Crippen LogP contribution in [0.1, 0.15) is 11.6 Å². The molecule has 1 atom stereocenters. The summed E-state index contributed by atoms with van der Waals surface area (Å²) in [6.45, 7) is 2.48. The Morgan fingerprint density at radius 2 is 2.00 bits per heavy atom. The predicted molar refractivity (Wildman–Crippen MR) is 72.1 cm³/mol. The number of nitrogens with one attached hydrogen (secondary N) is 1. The topological polar surface area (TPSA) is 30.5 Å². The van der Waals surface area contributed by atoms with E-state index in [0.717, 1.165) is 25.5 Å². The molecule has 2 aromatic carbocycles. The van der Waals surface area contributed by atoms with E-state index in [9.17, 15) is 0 Å². The second kappa shape index (κ2) is 4.96. The minimum Gasteiger partial charge on any atom is -0.497 e. The molecule has 1 heterocycles. The molecule has 94 valence electrons. The molecule has 0 unspecified atom stereocenters. The fourth-order valence-electron chi connectivity index (χ4n) is 2.37. The lowest BCUT2D eigenvalue weighted by Gasteiger charge is -2.24. The molecule has 0 radical (unpaired) electrons. The largest absolute Gasteiger partial charge is 0.497 e. The summed E-state index contributed by atoms with van der Waals surface area (Å²) >= 11 is 0. The maximum atomic E-state index is 5.50. The Balaban J connectivity index is 1.95. The highest BCUT2D eigenvalue weighted by atomic mass is 16.5. The van der Waals surface area contributed by atoms with Crippen molar-refractivity contribution >= 4 is 10.8 Å². The van der Waals surface area contributed by atoms with Gasteiger partial charge in [0.1, 0.15) is 5.75 Å². The van der Waals surface area contributed by atoms with Gasteiger partial charge in [0.25, 0.3) is 0 Å². The Morgan fingerprint density at radius 1 is 1.17 bits per heavy atom. The third-order valence-corrected chi connectivity index (χ3v) is 3.40. The highest BCUT2D eigenvalue weighted by molar-refractivity contribution is 5.84. The quantitative estimate of drug-likeness (QED) is 0.879. The Kier molecular flexibility index (Phi) is 3.17. The number of rotatable bonds is 2. The third kappa shape index (κ3) is 2.19. The maximum absolute atomic E-state index is 5.50. The molecule has 3 nitrogen and oxygen atoms in total. The summed E-state index contributed by atoms with van der Waals surface area (Å²) in [7, 11) is 1.69. The van der Waals surface area contributed by atoms with Gasteiger partial charge in [0.15, 0.2) is 0 Å². The molecule has 0 saturated carbocycles. The summed E-state index contributed by atoms with van der Waals surface area (Å²) in [5.41, 5.74) is 1.28. The van der Waals surface area contributed by atoms with Gasteiger partial charge in [-0.25, -0.2) is 0 Å². The van der Waals surface area contributed by atoms with Crippen LogP contribution in [0.5, 0.6) is 5.75 Å². The monoisotopic (exact) mass is 243 g/mol. The fourth-order valence-corrected chi connectivity index (χ4v) is 2.37. The molecule has 1 aliphatic heterocycles. The predicted octanol–water partition coefficient (Wildman–Crippen LogP) is 2.51. The summed E-state index contributed by atoms with van der Waals surface area (Å²) in [5, 5.41) is 5.91. The molecule has 0 aromatic heterocycles. The van der Waals surface area contributed by atoms with Crippen molar-refractivity contribution in [1.29, 1.82) is 0 Å². The second-order valence-corrected chi connectivity index (χ2v) is 4.55. The van der Waals surface area contributed by atoms with Gasteiger partial charge in [-0.3, -0.25) is 0 Å². The SMILES string of the molecule is COc1ccc2cc([C@H]3COCCN3)ccc2c1. The lowest BCUT2D eigenvalue weighted by atomic mass is 10.0. The minimum absolute atomic E-state index is 0.310. The first-order valence-electron chi connectivity index (χ1n) is 6.25. The molecule has 1 fully saturated rings. The van der Waals surface area contributed by atoms with Gasteiger partial charge in [0.2, 0.25) is 0 Å². The van der Waals surface area contributed by atoms with Gasteiger partial charge in [-0.15, -0.1) is 0 Å². The zero-order chi connectivity index (χ0) is 12.4. The molecule has 0 bridgehead atoms. The second-order valence-electron chi connectivity index (χ2n) is 4.55. The average molecular weight is 243 g/mol. The zero-order valence-electron chi connectivity index (χ0n) is 10.5. The van der Waals surface area contributed by atoms with E-state index >= 15 is 0 Å². The fraction of sp³-hybridized carbons (Fsp3) is 0.333. The summed E-state index contributed by atoms with van der Waals surface area (Å²) < 4.78 is 10.7. The molecule has 1 aliphatic rings. The van der Waals surface area contributed by atoms with E-state index in [1.165, 1.54) is 16.3 Å². The van der Waals surface area contributed by atoms with Crippen molar-refractivity contribution in [2.24, 2.45) is 0 Å². The number of methoxy groups -OCH3 is 1. The van der Waals surface area contributed by atoms with Crippen LogP contribution in [-0.4, -0.2) is 26.9 Å². The van der Waals surface area contributed by atoms with Gasteiger partial charge in [0, 0.05) is 6.54 Å². The lowest BCUT2D eigenvalue weighted by molar-refractivity contribution is 0.0769. The van der Waals surface area contributed by atoms with Crippen molar-refractivity contribution in [2.45, 2.75) is 6.04 Å². The van der Waals surface area contributed by atoms with E-state index in [-0.39, 0.29) is 0 Å². The van der Waals surface area contributed by atoms with E-state index in [4.69, 9.17) is 9.47 Å². The van der Waals surface area contributed by atoms with Crippen LogP contribution in [-0.2, 0) is 4.74 Å². The van der Waals surface area contributed by atoms with E-state index in [2.05, 4.69) is 35.6 Å². The third-order valence-electron chi connectivity index (χ3n) is 3.40. The summed E-state index contributed by atoms with van der Waals surface area (Å²) in [4.78, 5) is 0. The van der Waals surface area contributed by atoms with Crippen LogP contribution in [0.15, 0.2) is 36.4 Å². The van der Waals surface area contributed by atoms with Crippen LogP contribution in [0, 0.1) is 0 Å². The van der Waals surface area contributed by atoms with Crippen molar-refractivity contribution in [3.05, 3.63) is 42.0 Å². The average Bonchev–Trinajstić information content (AvgIpc) is 2.47. The van der Waals surface area contributed by atoms with Crippen molar-refractivity contribution in [2.75, 3.05) is 26.9 Å². The Labute approximate surface area is 107 Å². The van der Waals surface area contributed by atoms with E-state index in [1.54, 1.807) is 7.11 Å². The molecule has 1 saturated heterocycles. The first-order chi connectivity index (χ1) is 8.86.